The normalized spacial score (nSPS) is 11.5. The summed E-state index contributed by atoms with van der Waals surface area (Å²) in [4.78, 5) is 4.14. The van der Waals surface area contributed by atoms with Gasteiger partial charge in [0, 0.05) is 29.1 Å². The van der Waals surface area contributed by atoms with E-state index in [0.29, 0.717) is 10.2 Å². The molecule has 0 amide bonds. The molecule has 0 aliphatic rings. The Balaban J connectivity index is 2.19. The summed E-state index contributed by atoms with van der Waals surface area (Å²) < 4.78 is 27.5. The molecule has 7 heteroatoms. The molecule has 2 aromatic rings. The Morgan fingerprint density at radius 2 is 2.10 bits per heavy atom. The van der Waals surface area contributed by atoms with Gasteiger partial charge in [0.25, 0.3) is 0 Å². The SMILES string of the molecule is Cc1cnccc1CNS(=O)(=O)c1ccc(N)c(Br)c1. The minimum absolute atomic E-state index is 0.172. The Labute approximate surface area is 126 Å². The molecule has 106 valence electrons. The van der Waals surface area contributed by atoms with Crippen molar-refractivity contribution in [3.05, 3.63) is 52.3 Å². The van der Waals surface area contributed by atoms with E-state index in [1.54, 1.807) is 24.5 Å². The van der Waals surface area contributed by atoms with Crippen LogP contribution < -0.4 is 10.5 Å². The van der Waals surface area contributed by atoms with Gasteiger partial charge in [-0.05, 0) is 58.2 Å². The van der Waals surface area contributed by atoms with Gasteiger partial charge in [-0.1, -0.05) is 0 Å². The summed E-state index contributed by atoms with van der Waals surface area (Å²) >= 11 is 3.22. The maximum absolute atomic E-state index is 12.2. The number of nitrogens with one attached hydrogen (secondary N) is 1. The molecular weight excluding hydrogens is 342 g/mol. The topological polar surface area (TPSA) is 85.1 Å². The molecule has 2 rings (SSSR count). The fourth-order valence-electron chi connectivity index (χ4n) is 1.63. The number of anilines is 1. The van der Waals surface area contributed by atoms with Gasteiger partial charge in [-0.15, -0.1) is 0 Å². The molecular formula is C13H14BrN3O2S. The maximum Gasteiger partial charge on any atom is 0.240 e. The molecule has 1 aromatic heterocycles. The van der Waals surface area contributed by atoms with E-state index >= 15 is 0 Å². The second kappa shape index (κ2) is 5.90. The summed E-state index contributed by atoms with van der Waals surface area (Å²) in [6.07, 6.45) is 3.33. The lowest BCUT2D eigenvalue weighted by molar-refractivity contribution is 0.581. The van der Waals surface area contributed by atoms with Crippen molar-refractivity contribution in [1.82, 2.24) is 9.71 Å². The van der Waals surface area contributed by atoms with Gasteiger partial charge in [0.05, 0.1) is 4.90 Å². The second-order valence-electron chi connectivity index (χ2n) is 4.31. The van der Waals surface area contributed by atoms with E-state index in [0.717, 1.165) is 11.1 Å². The summed E-state index contributed by atoms with van der Waals surface area (Å²) in [5, 5.41) is 0. The van der Waals surface area contributed by atoms with Crippen LogP contribution in [0.5, 0.6) is 0 Å². The third-order valence-corrected chi connectivity index (χ3v) is 4.96. The summed E-state index contributed by atoms with van der Waals surface area (Å²) in [5.41, 5.74) is 7.97. The van der Waals surface area contributed by atoms with Gasteiger partial charge >= 0.3 is 0 Å². The van der Waals surface area contributed by atoms with Crippen molar-refractivity contribution in [2.75, 3.05) is 5.73 Å². The summed E-state index contributed by atoms with van der Waals surface area (Å²) in [5.74, 6) is 0. The molecule has 0 aliphatic heterocycles. The number of aryl methyl sites for hydroxylation is 1. The van der Waals surface area contributed by atoms with Crippen molar-refractivity contribution < 1.29 is 8.42 Å². The average molecular weight is 356 g/mol. The molecule has 5 nitrogen and oxygen atoms in total. The van der Waals surface area contributed by atoms with E-state index in [-0.39, 0.29) is 11.4 Å². The first-order valence-corrected chi connectivity index (χ1v) is 8.12. The molecule has 0 aliphatic carbocycles. The van der Waals surface area contributed by atoms with E-state index in [2.05, 4.69) is 25.6 Å². The molecule has 0 spiro atoms. The summed E-state index contributed by atoms with van der Waals surface area (Å²) in [6, 6.07) is 6.30. The lowest BCUT2D eigenvalue weighted by Gasteiger charge is -2.09. The predicted octanol–water partition coefficient (Wildman–Crippen LogP) is 2.21. The van der Waals surface area contributed by atoms with Gasteiger partial charge in [-0.2, -0.15) is 0 Å². The first-order chi connectivity index (χ1) is 9.40. The molecule has 0 bridgehead atoms. The Kier molecular flexibility index (Phi) is 4.42. The molecule has 3 N–H and O–H groups in total. The molecule has 1 heterocycles. The van der Waals surface area contributed by atoms with Gasteiger partial charge in [0.2, 0.25) is 10.0 Å². The van der Waals surface area contributed by atoms with E-state index < -0.39 is 10.0 Å². The number of benzene rings is 1. The van der Waals surface area contributed by atoms with Crippen LogP contribution in [0.4, 0.5) is 5.69 Å². The van der Waals surface area contributed by atoms with E-state index in [1.165, 1.54) is 12.1 Å². The third-order valence-electron chi connectivity index (χ3n) is 2.87. The molecule has 0 radical (unpaired) electrons. The second-order valence-corrected chi connectivity index (χ2v) is 6.93. The monoisotopic (exact) mass is 355 g/mol. The zero-order chi connectivity index (χ0) is 14.8. The number of hydrogen-bond acceptors (Lipinski definition) is 4. The highest BCUT2D eigenvalue weighted by Gasteiger charge is 2.15. The standard InChI is InChI=1S/C13H14BrN3O2S/c1-9-7-16-5-4-10(9)8-17-20(18,19)11-2-3-13(15)12(14)6-11/h2-7,17H,8,15H2,1H3. The Morgan fingerprint density at radius 3 is 2.75 bits per heavy atom. The lowest BCUT2D eigenvalue weighted by Crippen LogP contribution is -2.23. The molecule has 0 fully saturated rings. The minimum atomic E-state index is -3.57. The van der Waals surface area contributed by atoms with Crippen LogP contribution in [0, 0.1) is 6.92 Å². The number of nitrogens with two attached hydrogens (primary N) is 1. The molecule has 1 aromatic carbocycles. The Morgan fingerprint density at radius 1 is 1.35 bits per heavy atom. The average Bonchev–Trinajstić information content (AvgIpc) is 2.41. The third kappa shape index (κ3) is 3.36. The van der Waals surface area contributed by atoms with Crippen molar-refractivity contribution in [2.24, 2.45) is 0 Å². The molecule has 0 saturated heterocycles. The van der Waals surface area contributed by atoms with Crippen LogP contribution in [0.15, 0.2) is 46.0 Å². The first-order valence-electron chi connectivity index (χ1n) is 5.84. The summed E-state index contributed by atoms with van der Waals surface area (Å²) in [7, 11) is -3.57. The van der Waals surface area contributed by atoms with E-state index in [1.807, 2.05) is 6.92 Å². The van der Waals surface area contributed by atoms with Gasteiger partial charge in [0.15, 0.2) is 0 Å². The molecule has 20 heavy (non-hydrogen) atoms. The fraction of sp³-hybridized carbons (Fsp3) is 0.154. The number of hydrogen-bond donors (Lipinski definition) is 2. The first kappa shape index (κ1) is 15.0. The van der Waals surface area contributed by atoms with Gasteiger partial charge in [-0.25, -0.2) is 13.1 Å². The molecule has 0 atom stereocenters. The van der Waals surface area contributed by atoms with Crippen LogP contribution in [-0.2, 0) is 16.6 Å². The van der Waals surface area contributed by atoms with Crippen LogP contribution in [-0.4, -0.2) is 13.4 Å². The number of pyridine rings is 1. The van der Waals surface area contributed by atoms with Gasteiger partial charge < -0.3 is 5.73 Å². The lowest BCUT2D eigenvalue weighted by atomic mass is 10.2. The fourth-order valence-corrected chi connectivity index (χ4v) is 3.19. The number of aromatic nitrogens is 1. The van der Waals surface area contributed by atoms with Crippen molar-refractivity contribution in [2.45, 2.75) is 18.4 Å². The van der Waals surface area contributed by atoms with Crippen LogP contribution in [0.2, 0.25) is 0 Å². The zero-order valence-electron chi connectivity index (χ0n) is 10.8. The largest absolute Gasteiger partial charge is 0.398 e. The predicted molar refractivity (Wildman–Crippen MR) is 81.6 cm³/mol. The minimum Gasteiger partial charge on any atom is -0.398 e. The highest BCUT2D eigenvalue weighted by Crippen LogP contribution is 2.23. The van der Waals surface area contributed by atoms with Crippen molar-refractivity contribution in [1.29, 1.82) is 0 Å². The zero-order valence-corrected chi connectivity index (χ0v) is 13.2. The maximum atomic E-state index is 12.2. The highest BCUT2D eigenvalue weighted by atomic mass is 79.9. The van der Waals surface area contributed by atoms with Crippen LogP contribution in [0.25, 0.3) is 0 Å². The van der Waals surface area contributed by atoms with Crippen LogP contribution in [0.1, 0.15) is 11.1 Å². The molecule has 0 unspecified atom stereocenters. The number of nitrogen functional groups attached to an aromatic ring is 1. The van der Waals surface area contributed by atoms with Crippen molar-refractivity contribution in [3.8, 4) is 0 Å². The number of rotatable bonds is 4. The smallest absolute Gasteiger partial charge is 0.240 e. The Bertz CT molecular complexity index is 732. The number of sulfonamides is 1. The van der Waals surface area contributed by atoms with Gasteiger partial charge in [0.1, 0.15) is 0 Å². The van der Waals surface area contributed by atoms with Crippen molar-refractivity contribution in [3.63, 3.8) is 0 Å². The van der Waals surface area contributed by atoms with E-state index in [4.69, 9.17) is 5.73 Å². The highest BCUT2D eigenvalue weighted by molar-refractivity contribution is 9.10. The quantitative estimate of drug-likeness (QED) is 0.823. The molecule has 0 saturated carbocycles. The van der Waals surface area contributed by atoms with Crippen molar-refractivity contribution >= 4 is 31.6 Å². The van der Waals surface area contributed by atoms with E-state index in [9.17, 15) is 8.42 Å². The van der Waals surface area contributed by atoms with Gasteiger partial charge in [-0.3, -0.25) is 4.98 Å². The Hall–Kier alpha value is -1.44. The summed E-state index contributed by atoms with van der Waals surface area (Å²) in [6.45, 7) is 2.11. The number of halogens is 1. The van der Waals surface area contributed by atoms with Crippen LogP contribution >= 0.6 is 15.9 Å². The number of nitrogens with zero attached hydrogens (tertiary/aromatic N) is 1. The van der Waals surface area contributed by atoms with Crippen LogP contribution in [0.3, 0.4) is 0 Å².